The van der Waals surface area contributed by atoms with Crippen LogP contribution in [0.3, 0.4) is 0 Å². The second-order valence-electron chi connectivity index (χ2n) is 9.71. The van der Waals surface area contributed by atoms with Gasteiger partial charge in [0.25, 0.3) is 0 Å². The van der Waals surface area contributed by atoms with Gasteiger partial charge in [-0.25, -0.2) is 0 Å². The topological polar surface area (TPSA) is 154 Å². The molecular weight excluding hydrogens is 482 g/mol. The molecule has 0 saturated carbocycles. The zero-order chi connectivity index (χ0) is 27.3. The number of nitrogens with one attached hydrogen (secondary N) is 1. The van der Waals surface area contributed by atoms with E-state index in [1.165, 1.54) is 10.5 Å². The van der Waals surface area contributed by atoms with Crippen molar-refractivity contribution >= 4 is 17.6 Å². The number of carbonyl (C=O) groups excluding carboxylic acids is 3. The molecule has 7 N–H and O–H groups in total. The molecule has 2 amide bonds. The summed E-state index contributed by atoms with van der Waals surface area (Å²) in [7, 11) is 0. The Labute approximate surface area is 225 Å². The predicted octanol–water partition coefficient (Wildman–Crippen LogP) is 1.09. The molecule has 1 heterocycles. The second-order valence-corrected chi connectivity index (χ2v) is 9.71. The number of aryl methyl sites for hydroxylation is 3. The first kappa shape index (κ1) is 29.3. The highest BCUT2D eigenvalue weighted by atomic mass is 16.5. The third kappa shape index (κ3) is 8.93. The van der Waals surface area contributed by atoms with E-state index in [0.29, 0.717) is 45.4 Å². The van der Waals surface area contributed by atoms with Crippen LogP contribution in [0.4, 0.5) is 0 Å². The van der Waals surface area contributed by atoms with Gasteiger partial charge in [-0.2, -0.15) is 0 Å². The molecule has 2 aromatic carbocycles. The summed E-state index contributed by atoms with van der Waals surface area (Å²) in [6.45, 7) is 2.01. The number of ketones is 1. The van der Waals surface area contributed by atoms with Gasteiger partial charge >= 0.3 is 0 Å². The standard InChI is InChI=1S/C29H41N5O4/c30-14-16-34(17-15-31)28(36)20-24(32)29(37)33-25(11-8-21-5-2-1-3-6-21)26(35)12-9-22-10-13-27-23(19-22)7-4-18-38-27/h1-3,5-6,10,13,19,24-25H,4,7-9,11-12,14-18,20,30-32H2,(H,33,37)/t24-,25-/m0/s1. The highest BCUT2D eigenvalue weighted by Crippen LogP contribution is 2.26. The van der Waals surface area contributed by atoms with Gasteiger partial charge in [-0.1, -0.05) is 42.5 Å². The fourth-order valence-corrected chi connectivity index (χ4v) is 4.64. The van der Waals surface area contributed by atoms with E-state index >= 15 is 0 Å². The largest absolute Gasteiger partial charge is 0.493 e. The molecule has 0 saturated heterocycles. The molecule has 9 heteroatoms. The zero-order valence-electron chi connectivity index (χ0n) is 22.1. The van der Waals surface area contributed by atoms with Crippen LogP contribution in [-0.4, -0.2) is 67.4 Å². The van der Waals surface area contributed by atoms with E-state index in [-0.39, 0.29) is 24.5 Å². The van der Waals surface area contributed by atoms with Crippen LogP contribution in [-0.2, 0) is 33.6 Å². The van der Waals surface area contributed by atoms with Gasteiger partial charge in [0, 0.05) is 32.6 Å². The van der Waals surface area contributed by atoms with Gasteiger partial charge in [-0.05, 0) is 54.9 Å². The van der Waals surface area contributed by atoms with Crippen molar-refractivity contribution in [3.63, 3.8) is 0 Å². The SMILES string of the molecule is NCCN(CCN)C(=O)C[C@H](N)C(=O)N[C@@H](CCc1ccccc1)C(=O)CCc1ccc2c(c1)CCCO2. The van der Waals surface area contributed by atoms with Crippen LogP contribution in [0.2, 0.25) is 0 Å². The summed E-state index contributed by atoms with van der Waals surface area (Å²) in [4.78, 5) is 40.4. The Morgan fingerprint density at radius 1 is 0.974 bits per heavy atom. The molecule has 0 unspecified atom stereocenters. The molecule has 9 nitrogen and oxygen atoms in total. The van der Waals surface area contributed by atoms with Crippen LogP contribution in [0.1, 0.15) is 42.4 Å². The van der Waals surface area contributed by atoms with E-state index in [1.54, 1.807) is 0 Å². The van der Waals surface area contributed by atoms with E-state index in [0.717, 1.165) is 36.3 Å². The molecular formula is C29H41N5O4. The number of amides is 2. The molecule has 2 aromatic rings. The number of benzene rings is 2. The first-order chi connectivity index (χ1) is 18.4. The Morgan fingerprint density at radius 3 is 2.42 bits per heavy atom. The van der Waals surface area contributed by atoms with Crippen molar-refractivity contribution in [2.45, 2.75) is 57.0 Å². The maximum absolute atomic E-state index is 13.3. The van der Waals surface area contributed by atoms with Gasteiger partial charge in [-0.15, -0.1) is 0 Å². The maximum Gasteiger partial charge on any atom is 0.238 e. The number of hydrogen-bond acceptors (Lipinski definition) is 7. The number of carbonyl (C=O) groups is 3. The third-order valence-corrected chi connectivity index (χ3v) is 6.78. The number of fused-ring (bicyclic) bond motifs is 1. The van der Waals surface area contributed by atoms with Crippen LogP contribution in [0.25, 0.3) is 0 Å². The van der Waals surface area contributed by atoms with Crippen molar-refractivity contribution in [2.24, 2.45) is 17.2 Å². The smallest absolute Gasteiger partial charge is 0.238 e. The van der Waals surface area contributed by atoms with Gasteiger partial charge in [-0.3, -0.25) is 14.4 Å². The van der Waals surface area contributed by atoms with E-state index in [2.05, 4.69) is 11.4 Å². The highest BCUT2D eigenvalue weighted by Gasteiger charge is 2.26. The summed E-state index contributed by atoms with van der Waals surface area (Å²) in [5.74, 6) is 0.0530. The van der Waals surface area contributed by atoms with Gasteiger partial charge in [0.15, 0.2) is 5.78 Å². The van der Waals surface area contributed by atoms with E-state index < -0.39 is 18.0 Å². The van der Waals surface area contributed by atoms with E-state index in [9.17, 15) is 14.4 Å². The molecule has 1 aliphatic heterocycles. The van der Waals surface area contributed by atoms with Gasteiger partial charge in [0.2, 0.25) is 11.8 Å². The molecule has 0 radical (unpaired) electrons. The van der Waals surface area contributed by atoms with Crippen molar-refractivity contribution in [1.29, 1.82) is 0 Å². The van der Waals surface area contributed by atoms with Crippen LogP contribution >= 0.6 is 0 Å². The Hall–Kier alpha value is -3.27. The fraction of sp³-hybridized carbons (Fsp3) is 0.483. The lowest BCUT2D eigenvalue weighted by Gasteiger charge is -2.24. The summed E-state index contributed by atoms with van der Waals surface area (Å²) >= 11 is 0. The highest BCUT2D eigenvalue weighted by molar-refractivity contribution is 5.93. The van der Waals surface area contributed by atoms with Crippen molar-refractivity contribution in [3.8, 4) is 5.75 Å². The number of hydrogen-bond donors (Lipinski definition) is 4. The molecule has 1 aliphatic rings. The molecule has 0 fully saturated rings. The Balaban J connectivity index is 1.62. The lowest BCUT2D eigenvalue weighted by molar-refractivity contribution is -0.135. The minimum absolute atomic E-state index is 0.0605. The first-order valence-corrected chi connectivity index (χ1v) is 13.5. The lowest BCUT2D eigenvalue weighted by Crippen LogP contribution is -2.51. The van der Waals surface area contributed by atoms with Crippen LogP contribution < -0.4 is 27.3 Å². The Morgan fingerprint density at radius 2 is 1.71 bits per heavy atom. The van der Waals surface area contributed by atoms with Crippen molar-refractivity contribution in [2.75, 3.05) is 32.8 Å². The third-order valence-electron chi connectivity index (χ3n) is 6.78. The number of nitrogens with two attached hydrogens (primary N) is 3. The molecule has 0 bridgehead atoms. The quantitative estimate of drug-likeness (QED) is 0.272. The Kier molecular flexibility index (Phi) is 11.7. The Bertz CT molecular complexity index is 1060. The van der Waals surface area contributed by atoms with Gasteiger partial charge in [0.1, 0.15) is 5.75 Å². The van der Waals surface area contributed by atoms with Crippen molar-refractivity contribution < 1.29 is 19.1 Å². The summed E-state index contributed by atoms with van der Waals surface area (Å²) in [5, 5.41) is 2.83. The summed E-state index contributed by atoms with van der Waals surface area (Å²) in [5.41, 5.74) is 20.6. The molecule has 0 aromatic heterocycles. The van der Waals surface area contributed by atoms with Crippen molar-refractivity contribution in [1.82, 2.24) is 10.2 Å². The predicted molar refractivity (Wildman–Crippen MR) is 148 cm³/mol. The molecule has 0 spiro atoms. The molecule has 38 heavy (non-hydrogen) atoms. The fourth-order valence-electron chi connectivity index (χ4n) is 4.64. The number of rotatable bonds is 15. The molecule has 3 rings (SSSR count). The summed E-state index contributed by atoms with van der Waals surface area (Å²) < 4.78 is 5.69. The molecule has 206 valence electrons. The average Bonchev–Trinajstić information content (AvgIpc) is 2.94. The normalized spacial score (nSPS) is 14.1. The monoisotopic (exact) mass is 523 g/mol. The molecule has 0 aliphatic carbocycles. The van der Waals surface area contributed by atoms with Gasteiger partial charge < -0.3 is 32.2 Å². The minimum atomic E-state index is -1.08. The first-order valence-electron chi connectivity index (χ1n) is 13.5. The van der Waals surface area contributed by atoms with E-state index in [1.807, 2.05) is 42.5 Å². The second kappa shape index (κ2) is 15.2. The maximum atomic E-state index is 13.3. The van der Waals surface area contributed by atoms with Gasteiger partial charge in [0.05, 0.1) is 25.1 Å². The molecule has 2 atom stereocenters. The van der Waals surface area contributed by atoms with E-state index in [4.69, 9.17) is 21.9 Å². The average molecular weight is 524 g/mol. The van der Waals surface area contributed by atoms with Crippen LogP contribution in [0, 0.1) is 0 Å². The summed E-state index contributed by atoms with van der Waals surface area (Å²) in [6, 6.07) is 14.1. The minimum Gasteiger partial charge on any atom is -0.493 e. The lowest BCUT2D eigenvalue weighted by atomic mass is 9.96. The van der Waals surface area contributed by atoms with Crippen LogP contribution in [0.15, 0.2) is 48.5 Å². The summed E-state index contributed by atoms with van der Waals surface area (Å²) in [6.07, 6.45) is 3.71. The zero-order valence-corrected chi connectivity index (χ0v) is 22.1. The van der Waals surface area contributed by atoms with Crippen molar-refractivity contribution in [3.05, 3.63) is 65.2 Å². The number of nitrogens with zero attached hydrogens (tertiary/aromatic N) is 1. The number of ether oxygens (including phenoxy) is 1. The number of Topliss-reactive ketones (excluding diaryl/α,β-unsaturated/α-hetero) is 1. The van der Waals surface area contributed by atoms with Crippen LogP contribution in [0.5, 0.6) is 5.75 Å².